The van der Waals surface area contributed by atoms with Crippen LogP contribution in [0.3, 0.4) is 0 Å². The summed E-state index contributed by atoms with van der Waals surface area (Å²) in [6, 6.07) is 3.64. The quantitative estimate of drug-likeness (QED) is 0.875. The standard InChI is InChI=1S/C13H15F2NO/c14-9-1-2-11(15)10(5-9)13(7-17-8-13)12(6-16)3-4-12/h1-2,5H,3-4,6-8,16H2. The Morgan fingerprint density at radius 2 is 1.94 bits per heavy atom. The lowest BCUT2D eigenvalue weighted by Crippen LogP contribution is -2.56. The number of halogens is 2. The third kappa shape index (κ3) is 1.37. The number of hydrogen-bond acceptors (Lipinski definition) is 2. The zero-order valence-corrected chi connectivity index (χ0v) is 9.51. The molecule has 0 bridgehead atoms. The van der Waals surface area contributed by atoms with E-state index in [2.05, 4.69) is 0 Å². The van der Waals surface area contributed by atoms with Crippen LogP contribution in [0.2, 0.25) is 0 Å². The molecule has 0 unspecified atom stereocenters. The van der Waals surface area contributed by atoms with Crippen LogP contribution in [0.1, 0.15) is 18.4 Å². The van der Waals surface area contributed by atoms with Gasteiger partial charge in [0.15, 0.2) is 0 Å². The molecule has 1 heterocycles. The van der Waals surface area contributed by atoms with Crippen molar-refractivity contribution < 1.29 is 13.5 Å². The van der Waals surface area contributed by atoms with E-state index in [4.69, 9.17) is 10.5 Å². The molecule has 1 aliphatic heterocycles. The molecule has 1 aliphatic carbocycles. The molecule has 1 aromatic carbocycles. The molecule has 92 valence electrons. The van der Waals surface area contributed by atoms with Gasteiger partial charge in [-0.05, 0) is 43.0 Å². The van der Waals surface area contributed by atoms with Crippen LogP contribution in [0, 0.1) is 17.0 Å². The van der Waals surface area contributed by atoms with Gasteiger partial charge < -0.3 is 10.5 Å². The lowest BCUT2D eigenvalue weighted by atomic mass is 9.66. The van der Waals surface area contributed by atoms with Gasteiger partial charge in [0.1, 0.15) is 11.6 Å². The van der Waals surface area contributed by atoms with Gasteiger partial charge in [-0.25, -0.2) is 8.78 Å². The Morgan fingerprint density at radius 3 is 2.41 bits per heavy atom. The molecule has 3 rings (SSSR count). The van der Waals surface area contributed by atoms with Crippen LogP contribution in [-0.4, -0.2) is 19.8 Å². The molecule has 0 spiro atoms. The second kappa shape index (κ2) is 3.50. The summed E-state index contributed by atoms with van der Waals surface area (Å²) >= 11 is 0. The topological polar surface area (TPSA) is 35.2 Å². The van der Waals surface area contributed by atoms with E-state index >= 15 is 0 Å². The molecule has 4 heteroatoms. The van der Waals surface area contributed by atoms with Crippen molar-refractivity contribution in [2.45, 2.75) is 18.3 Å². The Hall–Kier alpha value is -1.00. The Kier molecular flexibility index (Phi) is 2.28. The van der Waals surface area contributed by atoms with Gasteiger partial charge in [-0.3, -0.25) is 0 Å². The minimum atomic E-state index is -0.409. The van der Waals surface area contributed by atoms with Gasteiger partial charge in [0.2, 0.25) is 0 Å². The van der Waals surface area contributed by atoms with Gasteiger partial charge in [0.05, 0.1) is 18.6 Å². The van der Waals surface area contributed by atoms with Crippen molar-refractivity contribution in [3.63, 3.8) is 0 Å². The van der Waals surface area contributed by atoms with Crippen molar-refractivity contribution >= 4 is 0 Å². The SMILES string of the molecule is NCC1(C2(c3cc(F)ccc3F)COC2)CC1. The lowest BCUT2D eigenvalue weighted by Gasteiger charge is -2.48. The fraction of sp³-hybridized carbons (Fsp3) is 0.538. The van der Waals surface area contributed by atoms with Crippen LogP contribution < -0.4 is 5.73 Å². The zero-order valence-electron chi connectivity index (χ0n) is 9.51. The number of nitrogens with two attached hydrogens (primary N) is 1. The second-order valence-corrected chi connectivity index (χ2v) is 5.18. The van der Waals surface area contributed by atoms with Crippen LogP contribution in [0.5, 0.6) is 0 Å². The lowest BCUT2D eigenvalue weighted by molar-refractivity contribution is -0.0989. The largest absolute Gasteiger partial charge is 0.379 e. The average molecular weight is 239 g/mol. The molecule has 0 radical (unpaired) electrons. The van der Waals surface area contributed by atoms with Gasteiger partial charge in [-0.1, -0.05) is 0 Å². The smallest absolute Gasteiger partial charge is 0.127 e. The molecule has 1 aromatic rings. The van der Waals surface area contributed by atoms with Gasteiger partial charge in [-0.2, -0.15) is 0 Å². The maximum atomic E-state index is 13.9. The fourth-order valence-electron chi connectivity index (χ4n) is 2.95. The Balaban J connectivity index is 2.09. The van der Waals surface area contributed by atoms with E-state index in [9.17, 15) is 8.78 Å². The molecule has 1 saturated heterocycles. The highest BCUT2D eigenvalue weighted by Gasteiger charge is 2.63. The minimum Gasteiger partial charge on any atom is -0.379 e. The average Bonchev–Trinajstić information content (AvgIpc) is 3.03. The summed E-state index contributed by atoms with van der Waals surface area (Å²) in [5.74, 6) is -0.755. The van der Waals surface area contributed by atoms with Crippen molar-refractivity contribution in [1.29, 1.82) is 0 Å². The van der Waals surface area contributed by atoms with Gasteiger partial charge in [0.25, 0.3) is 0 Å². The highest BCUT2D eigenvalue weighted by molar-refractivity contribution is 5.36. The van der Waals surface area contributed by atoms with E-state index < -0.39 is 11.2 Å². The van der Waals surface area contributed by atoms with Crippen LogP contribution in [0.25, 0.3) is 0 Å². The summed E-state index contributed by atoms with van der Waals surface area (Å²) in [5, 5.41) is 0. The number of ether oxygens (including phenoxy) is 1. The summed E-state index contributed by atoms with van der Waals surface area (Å²) in [5.41, 5.74) is 5.76. The summed E-state index contributed by atoms with van der Waals surface area (Å²) < 4.78 is 32.5. The van der Waals surface area contributed by atoms with E-state index in [0.29, 0.717) is 25.3 Å². The molecule has 0 aromatic heterocycles. The number of rotatable bonds is 3. The first-order valence-corrected chi connectivity index (χ1v) is 5.87. The van der Waals surface area contributed by atoms with Gasteiger partial charge >= 0.3 is 0 Å². The third-order valence-electron chi connectivity index (χ3n) is 4.40. The molecule has 0 amide bonds. The van der Waals surface area contributed by atoms with Crippen LogP contribution in [0.4, 0.5) is 8.78 Å². The van der Waals surface area contributed by atoms with Crippen molar-refractivity contribution in [2.75, 3.05) is 19.8 Å². The Labute approximate surface area is 98.8 Å². The molecular formula is C13H15F2NO. The van der Waals surface area contributed by atoms with Gasteiger partial charge in [0, 0.05) is 5.56 Å². The Bertz CT molecular complexity index is 453. The normalized spacial score (nSPS) is 24.2. The molecule has 2 fully saturated rings. The highest BCUT2D eigenvalue weighted by Crippen LogP contribution is 2.62. The highest BCUT2D eigenvalue weighted by atomic mass is 19.1. The zero-order chi connectivity index (χ0) is 12.1. The molecule has 2 nitrogen and oxygen atoms in total. The number of benzene rings is 1. The van der Waals surface area contributed by atoms with E-state index in [1.54, 1.807) is 0 Å². The first-order valence-electron chi connectivity index (χ1n) is 5.87. The molecular weight excluding hydrogens is 224 g/mol. The van der Waals surface area contributed by atoms with Crippen LogP contribution >= 0.6 is 0 Å². The van der Waals surface area contributed by atoms with Gasteiger partial charge in [-0.15, -0.1) is 0 Å². The summed E-state index contributed by atoms with van der Waals surface area (Å²) in [7, 11) is 0. The maximum Gasteiger partial charge on any atom is 0.127 e. The maximum absolute atomic E-state index is 13.9. The fourth-order valence-corrected chi connectivity index (χ4v) is 2.95. The van der Waals surface area contributed by atoms with Crippen molar-refractivity contribution in [1.82, 2.24) is 0 Å². The number of hydrogen-bond donors (Lipinski definition) is 1. The van der Waals surface area contributed by atoms with E-state index in [0.717, 1.165) is 18.9 Å². The second-order valence-electron chi connectivity index (χ2n) is 5.18. The molecule has 2 N–H and O–H groups in total. The van der Waals surface area contributed by atoms with Crippen molar-refractivity contribution in [2.24, 2.45) is 11.1 Å². The van der Waals surface area contributed by atoms with E-state index in [1.165, 1.54) is 12.1 Å². The van der Waals surface area contributed by atoms with E-state index in [-0.39, 0.29) is 11.2 Å². The summed E-state index contributed by atoms with van der Waals surface area (Å²) in [6.45, 7) is 1.40. The third-order valence-corrected chi connectivity index (χ3v) is 4.40. The van der Waals surface area contributed by atoms with Crippen molar-refractivity contribution in [3.05, 3.63) is 35.4 Å². The Morgan fingerprint density at radius 1 is 1.24 bits per heavy atom. The molecule has 1 saturated carbocycles. The van der Waals surface area contributed by atoms with Crippen molar-refractivity contribution in [3.8, 4) is 0 Å². The predicted octanol–water partition coefficient (Wildman–Crippen LogP) is 1.97. The molecule has 2 aliphatic rings. The van der Waals surface area contributed by atoms with Crippen LogP contribution in [0.15, 0.2) is 18.2 Å². The minimum absolute atomic E-state index is 0.0834. The predicted molar refractivity (Wildman–Crippen MR) is 59.6 cm³/mol. The van der Waals surface area contributed by atoms with E-state index in [1.807, 2.05) is 0 Å². The summed E-state index contributed by atoms with van der Waals surface area (Å²) in [4.78, 5) is 0. The first kappa shape index (κ1) is 11.1. The summed E-state index contributed by atoms with van der Waals surface area (Å²) in [6.07, 6.45) is 1.95. The monoisotopic (exact) mass is 239 g/mol. The molecule has 0 atom stereocenters. The van der Waals surface area contributed by atoms with Crippen LogP contribution in [-0.2, 0) is 10.2 Å². The first-order chi connectivity index (χ1) is 8.13. The molecule has 17 heavy (non-hydrogen) atoms.